The highest BCUT2D eigenvalue weighted by molar-refractivity contribution is 7.98. The maximum Gasteiger partial charge on any atom is 0.335 e. The number of carboxylic acid groups (broad SMARTS) is 1. The van der Waals surface area contributed by atoms with Crippen molar-refractivity contribution in [2.24, 2.45) is 0 Å². The maximum atomic E-state index is 12.0. The number of aromatic amines is 1. The second kappa shape index (κ2) is 6.62. The van der Waals surface area contributed by atoms with Crippen molar-refractivity contribution in [1.29, 1.82) is 0 Å². The summed E-state index contributed by atoms with van der Waals surface area (Å²) in [6, 6.07) is 4.36. The Morgan fingerprint density at radius 2 is 2.10 bits per heavy atom. The average molecular weight is 308 g/mol. The van der Waals surface area contributed by atoms with Gasteiger partial charge in [0.2, 0.25) is 0 Å². The molecule has 112 valence electrons. The number of H-pyrrole nitrogens is 1. The van der Waals surface area contributed by atoms with E-state index in [2.05, 4.69) is 4.98 Å². The minimum Gasteiger partial charge on any atom is -0.478 e. The van der Waals surface area contributed by atoms with E-state index >= 15 is 0 Å². The van der Waals surface area contributed by atoms with Gasteiger partial charge in [0.25, 0.3) is 0 Å². The van der Waals surface area contributed by atoms with Gasteiger partial charge in [-0.3, -0.25) is 9.59 Å². The largest absolute Gasteiger partial charge is 0.478 e. The van der Waals surface area contributed by atoms with Crippen LogP contribution >= 0.6 is 11.8 Å². The van der Waals surface area contributed by atoms with Gasteiger partial charge in [-0.1, -0.05) is 0 Å². The van der Waals surface area contributed by atoms with Gasteiger partial charge in [0.05, 0.1) is 16.6 Å². The van der Waals surface area contributed by atoms with Crippen LogP contribution in [0.4, 0.5) is 0 Å². The summed E-state index contributed by atoms with van der Waals surface area (Å²) in [5, 5.41) is 8.98. The number of carboxylic acids is 1. The highest BCUT2D eigenvalue weighted by Gasteiger charge is 2.10. The van der Waals surface area contributed by atoms with Crippen molar-refractivity contribution in [2.75, 3.05) is 12.0 Å². The molecule has 2 rings (SSSR count). The molecule has 7 heteroatoms. The molecule has 0 unspecified atom stereocenters. The molecule has 0 radical (unpaired) electrons. The van der Waals surface area contributed by atoms with Crippen LogP contribution in [0.1, 0.15) is 23.2 Å². The zero-order valence-corrected chi connectivity index (χ0v) is 12.4. The number of aromatic nitrogens is 2. The smallest absolute Gasteiger partial charge is 0.335 e. The minimum absolute atomic E-state index is 0.0748. The lowest BCUT2D eigenvalue weighted by molar-refractivity contribution is 0.0697. The Bertz CT molecular complexity index is 779. The fourth-order valence-electron chi connectivity index (χ4n) is 2.15. The van der Waals surface area contributed by atoms with E-state index in [9.17, 15) is 14.4 Å². The van der Waals surface area contributed by atoms with Crippen LogP contribution in [0.2, 0.25) is 0 Å². The Kier molecular flexibility index (Phi) is 4.85. The highest BCUT2D eigenvalue weighted by Crippen LogP contribution is 2.12. The van der Waals surface area contributed by atoms with Crippen molar-refractivity contribution in [3.63, 3.8) is 0 Å². The molecule has 1 aromatic heterocycles. The number of carbonyl (C=O) groups is 1. The number of hydrogen-bond donors (Lipinski definition) is 2. The second-order valence-electron chi connectivity index (χ2n) is 4.65. The summed E-state index contributed by atoms with van der Waals surface area (Å²) in [6.45, 7) is 0.451. The van der Waals surface area contributed by atoms with Crippen LogP contribution in [0.15, 0.2) is 27.8 Å². The Labute approximate surface area is 124 Å². The second-order valence-corrected chi connectivity index (χ2v) is 5.63. The quantitative estimate of drug-likeness (QED) is 0.623. The number of fused-ring (bicyclic) bond motifs is 1. The summed E-state index contributed by atoms with van der Waals surface area (Å²) < 4.78 is 1.42. The van der Waals surface area contributed by atoms with Gasteiger partial charge < -0.3 is 14.7 Å². The third-order valence-electron chi connectivity index (χ3n) is 3.20. The van der Waals surface area contributed by atoms with Crippen molar-refractivity contribution in [1.82, 2.24) is 9.55 Å². The normalized spacial score (nSPS) is 10.9. The number of hydrogen-bond acceptors (Lipinski definition) is 4. The molecule has 0 aliphatic heterocycles. The summed E-state index contributed by atoms with van der Waals surface area (Å²) in [5.74, 6) is -0.0746. The Balaban J connectivity index is 2.47. The lowest BCUT2D eigenvalue weighted by atomic mass is 10.2. The molecule has 0 aliphatic rings. The fourth-order valence-corrected chi connectivity index (χ4v) is 2.64. The number of unbranched alkanes of at least 4 members (excludes halogenated alkanes) is 1. The summed E-state index contributed by atoms with van der Waals surface area (Å²) in [6.07, 6.45) is 3.76. The van der Waals surface area contributed by atoms with Gasteiger partial charge in [-0.25, -0.2) is 4.79 Å². The van der Waals surface area contributed by atoms with Gasteiger partial charge >= 0.3 is 17.1 Å². The van der Waals surface area contributed by atoms with Crippen molar-refractivity contribution < 1.29 is 9.90 Å². The summed E-state index contributed by atoms with van der Waals surface area (Å²) >= 11 is 1.73. The lowest BCUT2D eigenvalue weighted by Gasteiger charge is -2.09. The van der Waals surface area contributed by atoms with Crippen LogP contribution in [0.3, 0.4) is 0 Å². The van der Waals surface area contributed by atoms with Crippen LogP contribution in [0.25, 0.3) is 11.0 Å². The van der Waals surface area contributed by atoms with Gasteiger partial charge in [0, 0.05) is 6.54 Å². The lowest BCUT2D eigenvalue weighted by Crippen LogP contribution is -2.36. The Hall–Kier alpha value is -2.02. The number of thioether (sulfide) groups is 1. The van der Waals surface area contributed by atoms with E-state index in [0.717, 1.165) is 18.6 Å². The summed E-state index contributed by atoms with van der Waals surface area (Å²) in [4.78, 5) is 37.0. The molecule has 0 spiro atoms. The first-order valence-corrected chi connectivity index (χ1v) is 7.93. The molecular formula is C14H16N2O4S. The molecule has 0 atom stereocenters. The van der Waals surface area contributed by atoms with E-state index in [0.29, 0.717) is 17.6 Å². The molecule has 2 N–H and O–H groups in total. The first-order valence-electron chi connectivity index (χ1n) is 6.53. The van der Waals surface area contributed by atoms with Crippen molar-refractivity contribution >= 4 is 28.8 Å². The molecule has 0 amide bonds. The molecule has 0 fully saturated rings. The van der Waals surface area contributed by atoms with Gasteiger partial charge in [-0.05, 0) is 43.0 Å². The number of rotatable bonds is 6. The molecule has 2 aromatic rings. The van der Waals surface area contributed by atoms with E-state index in [1.54, 1.807) is 17.8 Å². The van der Waals surface area contributed by atoms with Crippen LogP contribution < -0.4 is 11.1 Å². The molecular weight excluding hydrogens is 292 g/mol. The van der Waals surface area contributed by atoms with Crippen molar-refractivity contribution in [3.8, 4) is 0 Å². The third-order valence-corrected chi connectivity index (χ3v) is 3.90. The van der Waals surface area contributed by atoms with Gasteiger partial charge in [0.1, 0.15) is 0 Å². The maximum absolute atomic E-state index is 12.0. The molecule has 0 saturated heterocycles. The zero-order valence-electron chi connectivity index (χ0n) is 11.6. The number of benzene rings is 1. The monoisotopic (exact) mass is 308 g/mol. The first kappa shape index (κ1) is 15.4. The zero-order chi connectivity index (χ0) is 15.4. The average Bonchev–Trinajstić information content (AvgIpc) is 2.46. The number of aryl methyl sites for hydroxylation is 1. The third kappa shape index (κ3) is 3.36. The Morgan fingerprint density at radius 3 is 2.76 bits per heavy atom. The van der Waals surface area contributed by atoms with Crippen LogP contribution in [-0.4, -0.2) is 32.6 Å². The number of aromatic carboxylic acids is 1. The molecule has 1 aromatic carbocycles. The van der Waals surface area contributed by atoms with E-state index in [1.807, 2.05) is 6.26 Å². The molecule has 21 heavy (non-hydrogen) atoms. The molecule has 1 heterocycles. The van der Waals surface area contributed by atoms with Crippen LogP contribution in [0, 0.1) is 0 Å². The van der Waals surface area contributed by atoms with Gasteiger partial charge in [0.15, 0.2) is 0 Å². The highest BCUT2D eigenvalue weighted by atomic mass is 32.2. The number of nitrogens with one attached hydrogen (secondary N) is 1. The van der Waals surface area contributed by atoms with E-state index in [1.165, 1.54) is 16.7 Å². The van der Waals surface area contributed by atoms with Gasteiger partial charge in [-0.2, -0.15) is 11.8 Å². The van der Waals surface area contributed by atoms with E-state index in [-0.39, 0.29) is 5.56 Å². The molecule has 0 bridgehead atoms. The predicted molar refractivity (Wildman–Crippen MR) is 83.4 cm³/mol. The summed E-state index contributed by atoms with van der Waals surface area (Å²) in [7, 11) is 0. The van der Waals surface area contributed by atoms with Crippen LogP contribution in [-0.2, 0) is 6.54 Å². The predicted octanol–water partition coefficient (Wildman–Crippen LogP) is 1.53. The molecule has 0 aliphatic carbocycles. The number of nitrogens with zero attached hydrogens (tertiary/aromatic N) is 1. The summed E-state index contributed by atoms with van der Waals surface area (Å²) in [5.41, 5.74) is -0.339. The topological polar surface area (TPSA) is 92.2 Å². The standard InChI is InChI=1S/C14H16N2O4S/c1-21-7-3-2-6-16-11-5-4-9(14(19)20)8-10(11)15-12(17)13(16)18/h4-5,8H,2-3,6-7H2,1H3,(H,15,17)(H,19,20). The van der Waals surface area contributed by atoms with Gasteiger partial charge in [-0.15, -0.1) is 0 Å². The molecule has 0 saturated carbocycles. The molecule has 6 nitrogen and oxygen atoms in total. The van der Waals surface area contributed by atoms with Crippen molar-refractivity contribution in [3.05, 3.63) is 44.5 Å². The van der Waals surface area contributed by atoms with Crippen LogP contribution in [0.5, 0.6) is 0 Å². The minimum atomic E-state index is -1.07. The first-order chi connectivity index (χ1) is 10.0. The van der Waals surface area contributed by atoms with Crippen molar-refractivity contribution in [2.45, 2.75) is 19.4 Å². The Morgan fingerprint density at radius 1 is 1.33 bits per heavy atom. The SMILES string of the molecule is CSCCCCn1c(=O)c(=O)[nH]c2cc(C(=O)O)ccc21. The fraction of sp³-hybridized carbons (Fsp3) is 0.357. The van der Waals surface area contributed by atoms with E-state index in [4.69, 9.17) is 5.11 Å². The van der Waals surface area contributed by atoms with E-state index < -0.39 is 17.1 Å².